The Hall–Kier alpha value is -0.870. The van der Waals surface area contributed by atoms with Gasteiger partial charge in [-0.1, -0.05) is 0 Å². The van der Waals surface area contributed by atoms with Gasteiger partial charge in [0, 0.05) is 25.8 Å². The lowest BCUT2D eigenvalue weighted by Gasteiger charge is -2.32. The third-order valence-corrected chi connectivity index (χ3v) is 4.28. The topological polar surface area (TPSA) is 33.1 Å². The maximum absolute atomic E-state index is 4.18. The highest BCUT2D eigenvalue weighted by Crippen LogP contribution is 2.22. The molecule has 2 heterocycles. The molecule has 1 saturated heterocycles. The monoisotopic (exact) mass is 248 g/mol. The van der Waals surface area contributed by atoms with Gasteiger partial charge in [-0.25, -0.2) is 4.98 Å². The number of aromatic nitrogens is 2. The zero-order valence-electron chi connectivity index (χ0n) is 11.3. The summed E-state index contributed by atoms with van der Waals surface area (Å²) in [6, 6.07) is 0.859. The van der Waals surface area contributed by atoms with Gasteiger partial charge >= 0.3 is 0 Å². The number of aryl methyl sites for hydroxylation is 1. The van der Waals surface area contributed by atoms with Crippen molar-refractivity contribution in [3.63, 3.8) is 0 Å². The average Bonchev–Trinajstić information content (AvgIpc) is 3.13. The molecular formula is C14H24N4. The molecule has 3 rings (SSSR count). The molecule has 0 aromatic carbocycles. The summed E-state index contributed by atoms with van der Waals surface area (Å²) in [6.45, 7) is 4.77. The maximum Gasteiger partial charge on any atom is 0.0945 e. The Morgan fingerprint density at radius 3 is 2.67 bits per heavy atom. The second-order valence-electron chi connectivity index (χ2n) is 5.90. The first kappa shape index (κ1) is 12.2. The summed E-state index contributed by atoms with van der Waals surface area (Å²) in [7, 11) is 2.08. The standard InChI is InChI=1S/C14H24N4/c1-17-11-15-9-14(17)10-18-6-4-12(5-7-18)8-16-13-2-3-13/h9,11-13,16H,2-8,10H2,1H3. The third-order valence-electron chi connectivity index (χ3n) is 4.28. The van der Waals surface area contributed by atoms with Crippen molar-refractivity contribution in [1.29, 1.82) is 0 Å². The molecule has 0 spiro atoms. The number of imidazole rings is 1. The first-order chi connectivity index (χ1) is 8.81. The van der Waals surface area contributed by atoms with E-state index < -0.39 is 0 Å². The van der Waals surface area contributed by atoms with Crippen LogP contribution in [0.4, 0.5) is 0 Å². The second kappa shape index (κ2) is 5.41. The first-order valence-electron chi connectivity index (χ1n) is 7.22. The van der Waals surface area contributed by atoms with Crippen LogP contribution < -0.4 is 5.32 Å². The van der Waals surface area contributed by atoms with Crippen LogP contribution in [0.15, 0.2) is 12.5 Å². The quantitative estimate of drug-likeness (QED) is 0.854. The summed E-state index contributed by atoms with van der Waals surface area (Å²) < 4.78 is 2.13. The minimum absolute atomic E-state index is 0.859. The number of hydrogen-bond donors (Lipinski definition) is 1. The van der Waals surface area contributed by atoms with Crippen molar-refractivity contribution in [3.05, 3.63) is 18.2 Å². The molecule has 1 aromatic rings. The zero-order chi connectivity index (χ0) is 12.4. The maximum atomic E-state index is 4.18. The van der Waals surface area contributed by atoms with Crippen molar-refractivity contribution in [2.45, 2.75) is 38.3 Å². The van der Waals surface area contributed by atoms with E-state index >= 15 is 0 Å². The first-order valence-corrected chi connectivity index (χ1v) is 7.22. The third kappa shape index (κ3) is 3.12. The van der Waals surface area contributed by atoms with Gasteiger partial charge in [-0.05, 0) is 51.2 Å². The van der Waals surface area contributed by atoms with Crippen LogP contribution in [0.2, 0.25) is 0 Å². The van der Waals surface area contributed by atoms with E-state index in [0.29, 0.717) is 0 Å². The van der Waals surface area contributed by atoms with Crippen LogP contribution in [0.3, 0.4) is 0 Å². The van der Waals surface area contributed by atoms with Crippen molar-refractivity contribution in [2.75, 3.05) is 19.6 Å². The predicted molar refractivity (Wildman–Crippen MR) is 72.2 cm³/mol. The summed E-state index contributed by atoms with van der Waals surface area (Å²) in [6.07, 6.45) is 9.37. The molecule has 0 amide bonds. The fourth-order valence-electron chi connectivity index (χ4n) is 2.74. The van der Waals surface area contributed by atoms with E-state index in [1.807, 2.05) is 12.5 Å². The summed E-state index contributed by atoms with van der Waals surface area (Å²) in [5.74, 6) is 0.897. The average molecular weight is 248 g/mol. The van der Waals surface area contributed by atoms with E-state index in [-0.39, 0.29) is 0 Å². The van der Waals surface area contributed by atoms with Crippen LogP contribution in [0.1, 0.15) is 31.4 Å². The van der Waals surface area contributed by atoms with Gasteiger partial charge in [-0.3, -0.25) is 4.90 Å². The van der Waals surface area contributed by atoms with Gasteiger partial charge in [0.2, 0.25) is 0 Å². The molecule has 1 saturated carbocycles. The molecule has 0 atom stereocenters. The molecule has 18 heavy (non-hydrogen) atoms. The van der Waals surface area contributed by atoms with Gasteiger partial charge in [-0.2, -0.15) is 0 Å². The zero-order valence-corrected chi connectivity index (χ0v) is 11.3. The molecule has 0 bridgehead atoms. The summed E-state index contributed by atoms with van der Waals surface area (Å²) >= 11 is 0. The van der Waals surface area contributed by atoms with Crippen molar-refractivity contribution in [1.82, 2.24) is 19.8 Å². The van der Waals surface area contributed by atoms with E-state index in [4.69, 9.17) is 0 Å². The highest BCUT2D eigenvalue weighted by atomic mass is 15.2. The van der Waals surface area contributed by atoms with Crippen molar-refractivity contribution in [2.24, 2.45) is 13.0 Å². The fourth-order valence-corrected chi connectivity index (χ4v) is 2.74. The minimum atomic E-state index is 0.859. The highest BCUT2D eigenvalue weighted by molar-refractivity contribution is 4.97. The summed E-state index contributed by atoms with van der Waals surface area (Å²) in [4.78, 5) is 6.74. The lowest BCUT2D eigenvalue weighted by atomic mass is 9.96. The lowest BCUT2D eigenvalue weighted by Crippen LogP contribution is -2.37. The Morgan fingerprint density at radius 2 is 2.06 bits per heavy atom. The molecule has 4 nitrogen and oxygen atoms in total. The van der Waals surface area contributed by atoms with Crippen LogP contribution in [0.5, 0.6) is 0 Å². The van der Waals surface area contributed by atoms with Gasteiger partial charge in [0.15, 0.2) is 0 Å². The number of nitrogens with zero attached hydrogens (tertiary/aromatic N) is 3. The van der Waals surface area contributed by atoms with Crippen LogP contribution in [0, 0.1) is 5.92 Å². The number of hydrogen-bond acceptors (Lipinski definition) is 3. The molecule has 1 N–H and O–H groups in total. The van der Waals surface area contributed by atoms with Crippen molar-refractivity contribution in [3.8, 4) is 0 Å². The molecule has 2 fully saturated rings. The number of likely N-dealkylation sites (tertiary alicyclic amines) is 1. The molecule has 4 heteroatoms. The van der Waals surface area contributed by atoms with Gasteiger partial charge in [-0.15, -0.1) is 0 Å². The Kier molecular flexibility index (Phi) is 3.66. The van der Waals surface area contributed by atoms with Crippen LogP contribution in [0.25, 0.3) is 0 Å². The Bertz CT molecular complexity index is 375. The lowest BCUT2D eigenvalue weighted by molar-refractivity contribution is 0.172. The normalized spacial score (nSPS) is 22.5. The van der Waals surface area contributed by atoms with Gasteiger partial charge < -0.3 is 9.88 Å². The predicted octanol–water partition coefficient (Wildman–Crippen LogP) is 1.38. The number of piperidine rings is 1. The fraction of sp³-hybridized carbons (Fsp3) is 0.786. The van der Waals surface area contributed by atoms with E-state index in [1.165, 1.54) is 51.0 Å². The Labute approximate surface area is 109 Å². The van der Waals surface area contributed by atoms with Crippen LogP contribution in [-0.2, 0) is 13.6 Å². The molecule has 0 unspecified atom stereocenters. The van der Waals surface area contributed by atoms with E-state index in [1.54, 1.807) is 0 Å². The van der Waals surface area contributed by atoms with E-state index in [2.05, 4.69) is 26.8 Å². The summed E-state index contributed by atoms with van der Waals surface area (Å²) in [5.41, 5.74) is 1.32. The Morgan fingerprint density at radius 1 is 1.28 bits per heavy atom. The van der Waals surface area contributed by atoms with Gasteiger partial charge in [0.1, 0.15) is 0 Å². The largest absolute Gasteiger partial charge is 0.337 e. The van der Waals surface area contributed by atoms with Crippen LogP contribution >= 0.6 is 0 Å². The molecule has 1 aliphatic carbocycles. The van der Waals surface area contributed by atoms with E-state index in [9.17, 15) is 0 Å². The molecule has 1 aliphatic heterocycles. The molecule has 2 aliphatic rings. The molecular weight excluding hydrogens is 224 g/mol. The van der Waals surface area contributed by atoms with Gasteiger partial charge in [0.25, 0.3) is 0 Å². The number of rotatable bonds is 5. The van der Waals surface area contributed by atoms with Crippen LogP contribution in [-0.4, -0.2) is 40.1 Å². The van der Waals surface area contributed by atoms with E-state index in [0.717, 1.165) is 18.5 Å². The highest BCUT2D eigenvalue weighted by Gasteiger charge is 2.24. The summed E-state index contributed by atoms with van der Waals surface area (Å²) in [5, 5.41) is 3.66. The smallest absolute Gasteiger partial charge is 0.0945 e. The van der Waals surface area contributed by atoms with Crippen molar-refractivity contribution < 1.29 is 0 Å². The van der Waals surface area contributed by atoms with Crippen molar-refractivity contribution >= 4 is 0 Å². The second-order valence-corrected chi connectivity index (χ2v) is 5.90. The Balaban J connectivity index is 1.40. The molecule has 1 aromatic heterocycles. The van der Waals surface area contributed by atoms with Gasteiger partial charge in [0.05, 0.1) is 12.0 Å². The number of nitrogens with one attached hydrogen (secondary N) is 1. The molecule has 100 valence electrons. The molecule has 0 radical (unpaired) electrons. The minimum Gasteiger partial charge on any atom is -0.337 e. The SMILES string of the molecule is Cn1cncc1CN1CCC(CNC2CC2)CC1.